The van der Waals surface area contributed by atoms with E-state index in [0.29, 0.717) is 22.0 Å². The number of thioether (sulfide) groups is 1. The number of carbonyl (C=O) groups excluding carboxylic acids is 1. The van der Waals surface area contributed by atoms with Gasteiger partial charge < -0.3 is 4.74 Å². The van der Waals surface area contributed by atoms with Crippen molar-refractivity contribution in [1.29, 1.82) is 10.8 Å². The van der Waals surface area contributed by atoms with E-state index in [1.165, 1.54) is 18.1 Å². The molecule has 6 nitrogen and oxygen atoms in total. The third-order valence-electron chi connectivity index (χ3n) is 4.67. The highest BCUT2D eigenvalue weighted by atomic mass is 35.5. The SMILES string of the molecule is COC(=O)CC[C@@H]1N=C(c2ccccc2F)c2cc(Cl)ccc2N(C(=N)SC)C1=N. The van der Waals surface area contributed by atoms with Gasteiger partial charge in [-0.05, 0) is 43.0 Å². The van der Waals surface area contributed by atoms with Gasteiger partial charge in [0.15, 0.2) is 5.17 Å². The van der Waals surface area contributed by atoms with Gasteiger partial charge in [0.05, 0.1) is 18.5 Å². The van der Waals surface area contributed by atoms with E-state index in [1.54, 1.807) is 42.7 Å². The number of rotatable bonds is 4. The lowest BCUT2D eigenvalue weighted by molar-refractivity contribution is -0.140. The molecule has 2 N–H and O–H groups in total. The van der Waals surface area contributed by atoms with Gasteiger partial charge in [-0.2, -0.15) is 0 Å². The second-order valence-electron chi connectivity index (χ2n) is 6.48. The maximum Gasteiger partial charge on any atom is 0.305 e. The fourth-order valence-corrected chi connectivity index (χ4v) is 3.75. The van der Waals surface area contributed by atoms with E-state index in [4.69, 9.17) is 27.2 Å². The van der Waals surface area contributed by atoms with Gasteiger partial charge in [-0.25, -0.2) is 4.39 Å². The van der Waals surface area contributed by atoms with Crippen LogP contribution < -0.4 is 4.90 Å². The molecule has 1 aliphatic rings. The molecule has 1 atom stereocenters. The van der Waals surface area contributed by atoms with Crippen molar-refractivity contribution in [3.8, 4) is 0 Å². The lowest BCUT2D eigenvalue weighted by Crippen LogP contribution is -2.40. The quantitative estimate of drug-likeness (QED) is 0.403. The van der Waals surface area contributed by atoms with Gasteiger partial charge in [0.1, 0.15) is 17.7 Å². The Bertz CT molecular complexity index is 1040. The van der Waals surface area contributed by atoms with E-state index < -0.39 is 17.8 Å². The molecule has 0 fully saturated rings. The summed E-state index contributed by atoms with van der Waals surface area (Å²) in [5, 5.41) is 17.7. The van der Waals surface area contributed by atoms with Crippen LogP contribution in [0.2, 0.25) is 5.02 Å². The number of halogens is 2. The summed E-state index contributed by atoms with van der Waals surface area (Å²) in [5.74, 6) is -0.872. The molecule has 1 heterocycles. The third kappa shape index (κ3) is 4.39. The van der Waals surface area contributed by atoms with Crippen LogP contribution in [-0.2, 0) is 9.53 Å². The van der Waals surface area contributed by atoms with Crippen LogP contribution in [0.15, 0.2) is 47.5 Å². The van der Waals surface area contributed by atoms with E-state index in [2.05, 4.69) is 4.99 Å². The molecule has 0 unspecified atom stereocenters. The number of benzene rings is 2. The van der Waals surface area contributed by atoms with Crippen LogP contribution >= 0.6 is 23.4 Å². The van der Waals surface area contributed by atoms with Gasteiger partial charge in [-0.15, -0.1) is 0 Å². The molecule has 3 rings (SSSR count). The molecule has 2 aromatic rings. The largest absolute Gasteiger partial charge is 0.469 e. The molecule has 0 aliphatic carbocycles. The molecule has 0 radical (unpaired) electrons. The Balaban J connectivity index is 2.24. The second kappa shape index (κ2) is 9.40. The third-order valence-corrected chi connectivity index (χ3v) is 5.48. The number of hydrogen-bond donors (Lipinski definition) is 2. The van der Waals surface area contributed by atoms with Crippen molar-refractivity contribution < 1.29 is 13.9 Å². The summed E-state index contributed by atoms with van der Waals surface area (Å²) < 4.78 is 19.4. The van der Waals surface area contributed by atoms with Crippen molar-refractivity contribution in [1.82, 2.24) is 0 Å². The molecular formula is C21H20ClFN4O2S. The minimum absolute atomic E-state index is 0.0214. The van der Waals surface area contributed by atoms with Crippen LogP contribution in [0.5, 0.6) is 0 Å². The number of carbonyl (C=O) groups is 1. The molecule has 9 heteroatoms. The van der Waals surface area contributed by atoms with Gasteiger partial charge in [0.25, 0.3) is 0 Å². The highest BCUT2D eigenvalue weighted by Gasteiger charge is 2.32. The Morgan fingerprint density at radius 3 is 2.70 bits per heavy atom. The van der Waals surface area contributed by atoms with Gasteiger partial charge in [-0.3, -0.25) is 25.5 Å². The van der Waals surface area contributed by atoms with Crippen LogP contribution in [0.4, 0.5) is 10.1 Å². The molecule has 0 aromatic heterocycles. The molecule has 0 saturated heterocycles. The molecular weight excluding hydrogens is 427 g/mol. The van der Waals surface area contributed by atoms with Crippen LogP contribution in [0.1, 0.15) is 24.0 Å². The van der Waals surface area contributed by atoms with Crippen molar-refractivity contribution in [2.24, 2.45) is 4.99 Å². The Morgan fingerprint density at radius 2 is 2.03 bits per heavy atom. The average molecular weight is 447 g/mol. The number of hydrogen-bond acceptors (Lipinski definition) is 6. The smallest absolute Gasteiger partial charge is 0.305 e. The number of fused-ring (bicyclic) bond motifs is 1. The molecule has 156 valence electrons. The monoisotopic (exact) mass is 446 g/mol. The van der Waals surface area contributed by atoms with E-state index in [1.807, 2.05) is 0 Å². The summed E-state index contributed by atoms with van der Waals surface area (Å²) in [6.45, 7) is 0. The molecule has 0 spiro atoms. The number of nitrogens with one attached hydrogen (secondary N) is 2. The summed E-state index contributed by atoms with van der Waals surface area (Å²) in [7, 11) is 1.29. The predicted molar refractivity (Wildman–Crippen MR) is 120 cm³/mol. The minimum Gasteiger partial charge on any atom is -0.469 e. The first-order valence-electron chi connectivity index (χ1n) is 9.08. The fourth-order valence-electron chi connectivity index (χ4n) is 3.19. The highest BCUT2D eigenvalue weighted by Crippen LogP contribution is 2.33. The summed E-state index contributed by atoms with van der Waals surface area (Å²) in [6.07, 6.45) is 1.96. The van der Waals surface area contributed by atoms with Gasteiger partial charge in [-0.1, -0.05) is 35.5 Å². The van der Waals surface area contributed by atoms with Gasteiger partial charge in [0.2, 0.25) is 0 Å². The number of benzodiazepines with no additional fused rings is 1. The fraction of sp³-hybridized carbons (Fsp3) is 0.238. The van der Waals surface area contributed by atoms with Crippen molar-refractivity contribution in [2.75, 3.05) is 18.3 Å². The van der Waals surface area contributed by atoms with Crippen molar-refractivity contribution >= 4 is 51.7 Å². The average Bonchev–Trinajstić information content (AvgIpc) is 2.86. The molecule has 1 aliphatic heterocycles. The number of esters is 1. The first kappa shape index (κ1) is 22.0. The topological polar surface area (TPSA) is 89.6 Å². The maximum absolute atomic E-state index is 14.7. The second-order valence-corrected chi connectivity index (χ2v) is 7.71. The van der Waals surface area contributed by atoms with Gasteiger partial charge >= 0.3 is 5.97 Å². The summed E-state index contributed by atoms with van der Waals surface area (Å²) in [5.41, 5.74) is 1.60. The van der Waals surface area contributed by atoms with Crippen LogP contribution in [0.3, 0.4) is 0 Å². The zero-order chi connectivity index (χ0) is 21.8. The standard InChI is InChI=1S/C21H20ClFN4O2S/c1-29-18(28)10-8-16-20(24)27(21(25)30-2)17-9-7-12(22)11-14(17)19(26-16)13-5-3-4-6-15(13)23/h3-7,9,11,16,24-25H,8,10H2,1-2H3/t16-/m0/s1. The van der Waals surface area contributed by atoms with Crippen molar-refractivity contribution in [3.05, 3.63) is 64.4 Å². The van der Waals surface area contributed by atoms with Crippen LogP contribution in [-0.4, -0.2) is 42.1 Å². The predicted octanol–water partition coefficient (Wildman–Crippen LogP) is 4.73. The summed E-state index contributed by atoms with van der Waals surface area (Å²) in [4.78, 5) is 17.8. The van der Waals surface area contributed by atoms with E-state index in [-0.39, 0.29) is 29.4 Å². The van der Waals surface area contributed by atoms with E-state index in [9.17, 15) is 9.18 Å². The molecule has 0 bridgehead atoms. The van der Waals surface area contributed by atoms with E-state index in [0.717, 1.165) is 11.8 Å². The molecule has 2 aromatic carbocycles. The number of anilines is 1. The Kier molecular flexibility index (Phi) is 6.89. The van der Waals surface area contributed by atoms with Crippen LogP contribution in [0.25, 0.3) is 0 Å². The lowest BCUT2D eigenvalue weighted by atomic mass is 9.99. The number of amidine groups is 2. The number of ether oxygens (including phenoxy) is 1. The first-order chi connectivity index (χ1) is 14.4. The number of nitrogens with zero attached hydrogens (tertiary/aromatic N) is 2. The molecule has 0 amide bonds. The normalized spacial score (nSPS) is 15.9. The number of methoxy groups -OCH3 is 1. The Labute approximate surface area is 183 Å². The maximum atomic E-state index is 14.7. The van der Waals surface area contributed by atoms with Gasteiger partial charge in [0, 0.05) is 22.6 Å². The number of aliphatic imine (C=N–C) groups is 1. The van der Waals surface area contributed by atoms with E-state index >= 15 is 0 Å². The van der Waals surface area contributed by atoms with Crippen molar-refractivity contribution in [2.45, 2.75) is 18.9 Å². The van der Waals surface area contributed by atoms with Crippen molar-refractivity contribution in [3.63, 3.8) is 0 Å². The molecule has 0 saturated carbocycles. The first-order valence-corrected chi connectivity index (χ1v) is 10.7. The summed E-state index contributed by atoms with van der Waals surface area (Å²) >= 11 is 7.40. The zero-order valence-corrected chi connectivity index (χ0v) is 18.0. The summed E-state index contributed by atoms with van der Waals surface area (Å²) in [6, 6.07) is 10.4. The van der Waals surface area contributed by atoms with Crippen LogP contribution in [0, 0.1) is 16.6 Å². The zero-order valence-electron chi connectivity index (χ0n) is 16.4. The Morgan fingerprint density at radius 1 is 1.30 bits per heavy atom. The lowest BCUT2D eigenvalue weighted by Gasteiger charge is -2.27. The molecule has 30 heavy (non-hydrogen) atoms. The minimum atomic E-state index is -0.780. The highest BCUT2D eigenvalue weighted by molar-refractivity contribution is 8.13. The Hall–Kier alpha value is -2.71.